The minimum Gasteiger partial charge on any atom is -0.368 e. The van der Waals surface area contributed by atoms with Crippen molar-refractivity contribution in [1.29, 1.82) is 0 Å². The molecule has 0 saturated heterocycles. The Kier molecular flexibility index (Phi) is 5.24. The van der Waals surface area contributed by atoms with Gasteiger partial charge in [0.05, 0.1) is 24.6 Å². The number of primary amides is 1. The number of aliphatic imine (C=N–C) groups is 1. The van der Waals surface area contributed by atoms with Gasteiger partial charge in [-0.1, -0.05) is 0 Å². The van der Waals surface area contributed by atoms with Crippen LogP contribution in [0.4, 0.5) is 15.8 Å². The van der Waals surface area contributed by atoms with Crippen LogP contribution >= 0.6 is 0 Å². The molecular weight excluding hydrogens is 323 g/mol. The van der Waals surface area contributed by atoms with Crippen LogP contribution in [0.3, 0.4) is 0 Å². The second kappa shape index (κ2) is 7.35. The molecule has 2 rings (SSSR count). The molecule has 0 fully saturated rings. The molecule has 0 radical (unpaired) electrons. The van der Waals surface area contributed by atoms with Crippen LogP contribution in [0.5, 0.6) is 0 Å². The quantitative estimate of drug-likeness (QED) is 0.420. The molecule has 1 unspecified atom stereocenters. The van der Waals surface area contributed by atoms with E-state index in [1.54, 1.807) is 0 Å². The van der Waals surface area contributed by atoms with Crippen molar-refractivity contribution >= 4 is 29.1 Å². The third kappa shape index (κ3) is 4.63. The third-order valence-electron chi connectivity index (χ3n) is 3.02. The first-order chi connectivity index (χ1) is 11.3. The van der Waals surface area contributed by atoms with E-state index in [2.05, 4.69) is 20.9 Å². The minimum atomic E-state index is -1.10. The Labute approximate surface area is 135 Å². The molecule has 1 aromatic rings. The zero-order chi connectivity index (χ0) is 17.7. The molecule has 128 valence electrons. The number of nitrogens with two attached hydrogens (primary N) is 1. The highest BCUT2D eigenvalue weighted by atomic mass is 19.1. The highest BCUT2D eigenvalue weighted by Crippen LogP contribution is 2.21. The number of hydrogen-bond acceptors (Lipinski definition) is 7. The summed E-state index contributed by atoms with van der Waals surface area (Å²) in [5.74, 6) is -1.19. The van der Waals surface area contributed by atoms with Gasteiger partial charge in [-0.15, -0.1) is 0 Å². The van der Waals surface area contributed by atoms with Crippen LogP contribution < -0.4 is 21.7 Å². The zero-order valence-electron chi connectivity index (χ0n) is 12.4. The summed E-state index contributed by atoms with van der Waals surface area (Å²) in [6, 6.07) is 3.61. The normalized spacial score (nSPS) is 16.5. The maximum Gasteiger partial charge on any atom is 0.272 e. The van der Waals surface area contributed by atoms with Crippen LogP contribution in [0, 0.1) is 10.1 Å². The fourth-order valence-electron chi connectivity index (χ4n) is 1.93. The van der Waals surface area contributed by atoms with E-state index in [0.717, 1.165) is 6.07 Å². The number of anilines is 1. The van der Waals surface area contributed by atoms with E-state index in [1.165, 1.54) is 12.1 Å². The summed E-state index contributed by atoms with van der Waals surface area (Å²) in [6.45, 7) is -0.362. The Morgan fingerprint density at radius 2 is 2.21 bits per heavy atom. The largest absolute Gasteiger partial charge is 0.368 e. The van der Waals surface area contributed by atoms with Crippen molar-refractivity contribution in [3.63, 3.8) is 0 Å². The number of carbonyl (C=O) groups is 2. The Morgan fingerprint density at radius 1 is 1.46 bits per heavy atom. The van der Waals surface area contributed by atoms with Gasteiger partial charge in [-0.2, -0.15) is 0 Å². The number of halogens is 1. The van der Waals surface area contributed by atoms with Crippen molar-refractivity contribution in [2.75, 3.05) is 25.0 Å². The second-order valence-corrected chi connectivity index (χ2v) is 4.97. The number of alkyl halides is 1. The Morgan fingerprint density at radius 3 is 2.79 bits per heavy atom. The lowest BCUT2D eigenvalue weighted by Gasteiger charge is -2.18. The van der Waals surface area contributed by atoms with E-state index < -0.39 is 29.5 Å². The molecule has 0 saturated carbocycles. The molecule has 1 atom stereocenters. The summed E-state index contributed by atoms with van der Waals surface area (Å²) >= 11 is 0. The number of nitrogens with zero attached hydrogens (tertiary/aromatic N) is 2. The van der Waals surface area contributed by atoms with E-state index in [0.29, 0.717) is 0 Å². The molecular formula is C13H15FN6O4. The van der Waals surface area contributed by atoms with Gasteiger partial charge in [0.2, 0.25) is 5.91 Å². The van der Waals surface area contributed by atoms with Gasteiger partial charge >= 0.3 is 0 Å². The molecule has 11 heteroatoms. The number of amides is 2. The lowest BCUT2D eigenvalue weighted by atomic mass is 10.1. The summed E-state index contributed by atoms with van der Waals surface area (Å²) < 4.78 is 13.0. The van der Waals surface area contributed by atoms with Crippen molar-refractivity contribution in [2.24, 2.45) is 10.7 Å². The van der Waals surface area contributed by atoms with E-state index in [-0.39, 0.29) is 36.0 Å². The van der Waals surface area contributed by atoms with Gasteiger partial charge < -0.3 is 21.7 Å². The van der Waals surface area contributed by atoms with Crippen LogP contribution in [0.2, 0.25) is 0 Å². The summed E-state index contributed by atoms with van der Waals surface area (Å²) in [4.78, 5) is 36.9. The predicted molar refractivity (Wildman–Crippen MR) is 83.4 cm³/mol. The number of guanidine groups is 1. The van der Waals surface area contributed by atoms with Crippen molar-refractivity contribution in [3.8, 4) is 0 Å². The molecule has 2 amide bonds. The van der Waals surface area contributed by atoms with Gasteiger partial charge in [0, 0.05) is 23.4 Å². The second-order valence-electron chi connectivity index (χ2n) is 4.97. The van der Waals surface area contributed by atoms with Crippen LogP contribution in [-0.2, 0) is 4.79 Å². The zero-order valence-corrected chi connectivity index (χ0v) is 12.4. The van der Waals surface area contributed by atoms with Crippen LogP contribution in [-0.4, -0.2) is 48.5 Å². The topological polar surface area (TPSA) is 152 Å². The van der Waals surface area contributed by atoms with Crippen molar-refractivity contribution < 1.29 is 18.9 Å². The predicted octanol–water partition coefficient (Wildman–Crippen LogP) is -0.481. The number of carbonyl (C=O) groups excluding carboxylic acids is 2. The number of hydrogen-bond donors (Lipinski definition) is 4. The molecule has 1 aliphatic heterocycles. The monoisotopic (exact) mass is 338 g/mol. The van der Waals surface area contributed by atoms with Crippen LogP contribution in [0.25, 0.3) is 0 Å². The molecule has 0 spiro atoms. The molecule has 1 aliphatic rings. The molecule has 1 aromatic carbocycles. The van der Waals surface area contributed by atoms with E-state index in [1.807, 2.05) is 0 Å². The van der Waals surface area contributed by atoms with Gasteiger partial charge in [0.1, 0.15) is 6.17 Å². The molecule has 0 aromatic heterocycles. The highest BCUT2D eigenvalue weighted by molar-refractivity contribution is 6.00. The highest BCUT2D eigenvalue weighted by Gasteiger charge is 2.17. The average molecular weight is 338 g/mol. The van der Waals surface area contributed by atoms with Crippen molar-refractivity contribution in [3.05, 3.63) is 33.9 Å². The van der Waals surface area contributed by atoms with Crippen LogP contribution in [0.15, 0.2) is 23.2 Å². The molecule has 10 nitrogen and oxygen atoms in total. The Hall–Kier alpha value is -3.24. The van der Waals surface area contributed by atoms with Gasteiger partial charge in [0.15, 0.2) is 5.96 Å². The summed E-state index contributed by atoms with van der Waals surface area (Å²) in [5.41, 5.74) is 4.79. The number of nitro groups is 1. The van der Waals surface area contributed by atoms with Gasteiger partial charge in [-0.25, -0.2) is 9.38 Å². The number of non-ortho nitro benzene ring substituents is 1. The smallest absolute Gasteiger partial charge is 0.272 e. The number of benzene rings is 1. The minimum absolute atomic E-state index is 0.0315. The Balaban J connectivity index is 2.22. The van der Waals surface area contributed by atoms with E-state index >= 15 is 0 Å². The first kappa shape index (κ1) is 17.1. The molecule has 0 aliphatic carbocycles. The van der Waals surface area contributed by atoms with Crippen molar-refractivity contribution in [1.82, 2.24) is 10.6 Å². The maximum atomic E-state index is 13.0. The number of rotatable bonds is 5. The summed E-state index contributed by atoms with van der Waals surface area (Å²) in [7, 11) is 0. The molecule has 24 heavy (non-hydrogen) atoms. The first-order valence-electron chi connectivity index (χ1n) is 6.90. The fourth-order valence-corrected chi connectivity index (χ4v) is 1.93. The molecule has 0 bridgehead atoms. The molecule has 5 N–H and O–H groups in total. The summed E-state index contributed by atoms with van der Waals surface area (Å²) in [6.07, 6.45) is -1.10. The first-order valence-corrected chi connectivity index (χ1v) is 6.90. The SMILES string of the molecule is NC(=O)CNC(=O)c1cc(NC2=NCC(F)CN2)cc([N+](=O)[O-])c1. The van der Waals surface area contributed by atoms with Crippen molar-refractivity contribution in [2.45, 2.75) is 6.17 Å². The maximum absolute atomic E-state index is 13.0. The third-order valence-corrected chi connectivity index (χ3v) is 3.02. The van der Waals surface area contributed by atoms with Gasteiger partial charge in [0.25, 0.3) is 11.6 Å². The number of nitrogens with one attached hydrogen (secondary N) is 3. The lowest BCUT2D eigenvalue weighted by Crippen LogP contribution is -2.41. The lowest BCUT2D eigenvalue weighted by molar-refractivity contribution is -0.384. The summed E-state index contributed by atoms with van der Waals surface area (Å²) in [5, 5.41) is 18.7. The molecule has 1 heterocycles. The van der Waals surface area contributed by atoms with E-state index in [4.69, 9.17) is 5.73 Å². The average Bonchev–Trinajstić information content (AvgIpc) is 2.54. The van der Waals surface area contributed by atoms with E-state index in [9.17, 15) is 24.1 Å². The number of nitro benzene ring substituents is 1. The Bertz CT molecular complexity index is 708. The van der Waals surface area contributed by atoms with Crippen LogP contribution in [0.1, 0.15) is 10.4 Å². The standard InChI is InChI=1S/C13H15FN6O4/c14-8-4-17-13(18-5-8)19-9-1-7(2-10(3-9)20(23)24)12(22)16-6-11(15)21/h1-3,8H,4-6H2,(H2,15,21)(H,16,22)(H2,17,18,19). The fraction of sp³-hybridized carbons (Fsp3) is 0.308. The van der Waals surface area contributed by atoms with Gasteiger partial charge in [-0.3, -0.25) is 19.7 Å². The van der Waals surface area contributed by atoms with Gasteiger partial charge in [-0.05, 0) is 6.07 Å².